The normalized spacial score (nSPS) is 17.6. The van der Waals surface area contributed by atoms with Gasteiger partial charge in [-0.3, -0.25) is 4.79 Å². The zero-order valence-electron chi connectivity index (χ0n) is 12.0. The third-order valence-corrected chi connectivity index (χ3v) is 5.06. The average Bonchev–Trinajstić information content (AvgIpc) is 2.49. The molecule has 0 radical (unpaired) electrons. The fraction of sp³-hybridized carbons (Fsp3) is 0.571. The van der Waals surface area contributed by atoms with E-state index >= 15 is 0 Å². The van der Waals surface area contributed by atoms with Gasteiger partial charge in [0, 0.05) is 13.1 Å². The van der Waals surface area contributed by atoms with Crippen LogP contribution < -0.4 is 0 Å². The Bertz CT molecular complexity index is 559. The first kappa shape index (κ1) is 14.8. The van der Waals surface area contributed by atoms with E-state index in [0.29, 0.717) is 37.2 Å². The van der Waals surface area contributed by atoms with Crippen LogP contribution in [0.4, 0.5) is 0 Å². The molecular formula is C14H18N4OS. The van der Waals surface area contributed by atoms with Crippen molar-refractivity contribution in [3.8, 4) is 6.07 Å². The monoisotopic (exact) mass is 290 g/mol. The first-order valence-electron chi connectivity index (χ1n) is 6.58. The number of likely N-dealkylation sites (tertiary alicyclic amines) is 1. The van der Waals surface area contributed by atoms with Crippen molar-refractivity contribution in [1.29, 1.82) is 5.26 Å². The van der Waals surface area contributed by atoms with Crippen LogP contribution in [-0.2, 0) is 0 Å². The number of amides is 1. The van der Waals surface area contributed by atoms with Crippen LogP contribution in [0.15, 0.2) is 6.07 Å². The van der Waals surface area contributed by atoms with Crippen molar-refractivity contribution in [3.05, 3.63) is 23.0 Å². The van der Waals surface area contributed by atoms with E-state index in [9.17, 15) is 10.1 Å². The highest BCUT2D eigenvalue weighted by molar-refractivity contribution is 8.00. The number of hydrogen-bond acceptors (Lipinski definition) is 5. The molecule has 1 saturated heterocycles. The van der Waals surface area contributed by atoms with Crippen LogP contribution >= 0.6 is 11.8 Å². The summed E-state index contributed by atoms with van der Waals surface area (Å²) in [5.74, 6) is -0.00635. The van der Waals surface area contributed by atoms with E-state index in [2.05, 4.69) is 16.3 Å². The Hall–Kier alpha value is -1.61. The van der Waals surface area contributed by atoms with Crippen molar-refractivity contribution in [2.24, 2.45) is 0 Å². The number of carbonyl (C=O) groups is 1. The molecule has 1 aromatic rings. The molecule has 0 aromatic carbocycles. The molecule has 0 N–H and O–H groups in total. The van der Waals surface area contributed by atoms with Crippen LogP contribution in [-0.4, -0.2) is 45.1 Å². The third-order valence-electron chi connectivity index (χ3n) is 3.78. The lowest BCUT2D eigenvalue weighted by Gasteiger charge is -2.36. The molecule has 1 amide bonds. The van der Waals surface area contributed by atoms with Gasteiger partial charge in [0.1, 0.15) is 4.75 Å². The van der Waals surface area contributed by atoms with Crippen LogP contribution in [0, 0.1) is 25.2 Å². The largest absolute Gasteiger partial charge is 0.338 e. The first-order valence-corrected chi connectivity index (χ1v) is 7.80. The summed E-state index contributed by atoms with van der Waals surface area (Å²) in [6.07, 6.45) is 3.39. The summed E-state index contributed by atoms with van der Waals surface area (Å²) < 4.78 is -0.335. The van der Waals surface area contributed by atoms with Crippen molar-refractivity contribution in [1.82, 2.24) is 15.1 Å². The van der Waals surface area contributed by atoms with Crippen LogP contribution in [0.2, 0.25) is 0 Å². The molecule has 6 heteroatoms. The van der Waals surface area contributed by atoms with E-state index in [4.69, 9.17) is 0 Å². The smallest absolute Gasteiger partial charge is 0.255 e. The maximum absolute atomic E-state index is 12.5. The lowest BCUT2D eigenvalue weighted by atomic mass is 9.96. The second-order valence-electron chi connectivity index (χ2n) is 5.09. The molecule has 2 heterocycles. The summed E-state index contributed by atoms with van der Waals surface area (Å²) in [5, 5.41) is 17.2. The van der Waals surface area contributed by atoms with E-state index < -0.39 is 0 Å². The molecule has 0 aliphatic carbocycles. The molecule has 1 aliphatic rings. The zero-order chi connectivity index (χ0) is 14.8. The maximum Gasteiger partial charge on any atom is 0.255 e. The highest BCUT2D eigenvalue weighted by Crippen LogP contribution is 2.34. The van der Waals surface area contributed by atoms with E-state index in [-0.39, 0.29) is 10.7 Å². The van der Waals surface area contributed by atoms with Gasteiger partial charge in [-0.1, -0.05) is 0 Å². The Labute approximate surface area is 123 Å². The number of aryl methyl sites for hydroxylation is 2. The van der Waals surface area contributed by atoms with Crippen molar-refractivity contribution >= 4 is 17.7 Å². The SMILES string of the molecule is CSC1(C#N)CCN(C(=O)c2cc(C)nnc2C)CC1. The van der Waals surface area contributed by atoms with Crippen LogP contribution in [0.1, 0.15) is 34.6 Å². The van der Waals surface area contributed by atoms with Gasteiger partial charge in [0.2, 0.25) is 0 Å². The quantitative estimate of drug-likeness (QED) is 0.832. The third kappa shape index (κ3) is 2.78. The number of nitrogens with zero attached hydrogens (tertiary/aromatic N) is 4. The number of aromatic nitrogens is 2. The Morgan fingerprint density at radius 3 is 2.60 bits per heavy atom. The zero-order valence-corrected chi connectivity index (χ0v) is 12.8. The molecular weight excluding hydrogens is 272 g/mol. The summed E-state index contributed by atoms with van der Waals surface area (Å²) in [5.41, 5.74) is 2.01. The Morgan fingerprint density at radius 2 is 2.05 bits per heavy atom. The number of rotatable bonds is 2. The molecule has 2 rings (SSSR count). The lowest BCUT2D eigenvalue weighted by Crippen LogP contribution is -2.44. The van der Waals surface area contributed by atoms with Gasteiger partial charge in [0.05, 0.1) is 23.0 Å². The minimum absolute atomic E-state index is 0.00635. The predicted molar refractivity (Wildman–Crippen MR) is 78.5 cm³/mol. The number of carbonyl (C=O) groups excluding carboxylic acids is 1. The van der Waals surface area contributed by atoms with Crippen molar-refractivity contribution in [3.63, 3.8) is 0 Å². The molecule has 106 valence electrons. The minimum Gasteiger partial charge on any atom is -0.338 e. The fourth-order valence-corrected chi connectivity index (χ4v) is 3.05. The summed E-state index contributed by atoms with van der Waals surface area (Å²) >= 11 is 1.59. The van der Waals surface area contributed by atoms with Crippen molar-refractivity contribution < 1.29 is 4.79 Å². The summed E-state index contributed by atoms with van der Waals surface area (Å²) in [6.45, 7) is 4.86. The van der Waals surface area contributed by atoms with Crippen molar-refractivity contribution in [2.45, 2.75) is 31.4 Å². The van der Waals surface area contributed by atoms with Gasteiger partial charge in [0.25, 0.3) is 5.91 Å². The number of thioether (sulfide) groups is 1. The second-order valence-corrected chi connectivity index (χ2v) is 6.28. The lowest BCUT2D eigenvalue weighted by molar-refractivity contribution is 0.0715. The van der Waals surface area contributed by atoms with Gasteiger partial charge in [-0.05, 0) is 39.0 Å². The van der Waals surface area contributed by atoms with E-state index in [0.717, 1.165) is 5.69 Å². The van der Waals surface area contributed by atoms with E-state index in [1.807, 2.05) is 18.1 Å². The Kier molecular flexibility index (Phi) is 4.29. The number of nitriles is 1. The highest BCUT2D eigenvalue weighted by atomic mass is 32.2. The highest BCUT2D eigenvalue weighted by Gasteiger charge is 2.35. The Balaban J connectivity index is 2.13. The van der Waals surface area contributed by atoms with Gasteiger partial charge in [-0.25, -0.2) is 0 Å². The molecule has 1 aliphatic heterocycles. The van der Waals surface area contributed by atoms with Crippen LogP contribution in [0.3, 0.4) is 0 Å². The van der Waals surface area contributed by atoms with E-state index in [1.165, 1.54) is 0 Å². The molecule has 0 saturated carbocycles. The molecule has 0 bridgehead atoms. The molecule has 5 nitrogen and oxygen atoms in total. The average molecular weight is 290 g/mol. The molecule has 1 fully saturated rings. The number of piperidine rings is 1. The second kappa shape index (κ2) is 5.80. The Morgan fingerprint density at radius 1 is 1.40 bits per heavy atom. The first-order chi connectivity index (χ1) is 9.51. The van der Waals surface area contributed by atoms with Gasteiger partial charge in [-0.2, -0.15) is 15.5 Å². The van der Waals surface area contributed by atoms with Gasteiger partial charge < -0.3 is 4.90 Å². The topological polar surface area (TPSA) is 69.9 Å². The van der Waals surface area contributed by atoms with Gasteiger partial charge in [-0.15, -0.1) is 11.8 Å². The van der Waals surface area contributed by atoms with Crippen LogP contribution in [0.5, 0.6) is 0 Å². The molecule has 0 unspecified atom stereocenters. The predicted octanol–water partition coefficient (Wildman–Crippen LogP) is 1.95. The minimum atomic E-state index is -0.335. The molecule has 0 atom stereocenters. The standard InChI is InChI=1S/C14H18N4OS/c1-10-8-12(11(2)17-16-10)13(19)18-6-4-14(9-15,20-3)5-7-18/h8H,4-7H2,1-3H3. The summed E-state index contributed by atoms with van der Waals surface area (Å²) in [4.78, 5) is 14.3. The summed E-state index contributed by atoms with van der Waals surface area (Å²) in [6, 6.07) is 4.17. The van der Waals surface area contributed by atoms with Crippen molar-refractivity contribution in [2.75, 3.05) is 19.3 Å². The maximum atomic E-state index is 12.5. The molecule has 0 spiro atoms. The fourth-order valence-electron chi connectivity index (χ4n) is 2.37. The van der Waals surface area contributed by atoms with Crippen LogP contribution in [0.25, 0.3) is 0 Å². The molecule has 20 heavy (non-hydrogen) atoms. The molecule has 1 aromatic heterocycles. The van der Waals surface area contributed by atoms with Gasteiger partial charge in [0.15, 0.2) is 0 Å². The van der Waals surface area contributed by atoms with Gasteiger partial charge >= 0.3 is 0 Å². The summed E-state index contributed by atoms with van der Waals surface area (Å²) in [7, 11) is 0. The van der Waals surface area contributed by atoms with E-state index in [1.54, 1.807) is 24.8 Å². The number of hydrogen-bond donors (Lipinski definition) is 0.